The Labute approximate surface area is 98.4 Å². The lowest BCUT2D eigenvalue weighted by Gasteiger charge is -2.32. The number of hydrogen-bond donors (Lipinski definition) is 0. The van der Waals surface area contributed by atoms with E-state index in [2.05, 4.69) is 0 Å². The molecule has 7 heteroatoms. The molecule has 1 aromatic rings. The number of rotatable bonds is 1. The molecule has 0 aliphatic rings. The molecule has 0 heterocycles. The number of alkyl halides is 7. The molecule has 0 radical (unpaired) electrons. The first-order chi connectivity index (χ1) is 7.93. The smallest absolute Gasteiger partial charge is 0.218 e. The van der Waals surface area contributed by atoms with Gasteiger partial charge in [0.2, 0.25) is 0 Å². The Kier molecular flexibility index (Phi) is 3.40. The highest BCUT2D eigenvalue weighted by Crippen LogP contribution is 2.54. The predicted octanol–water partition coefficient (Wildman–Crippen LogP) is 4.59. The molecule has 0 nitrogen and oxygen atoms in total. The van der Waals surface area contributed by atoms with Gasteiger partial charge >= 0.3 is 18.0 Å². The van der Waals surface area contributed by atoms with Crippen LogP contribution in [0.3, 0.4) is 0 Å². The summed E-state index contributed by atoms with van der Waals surface area (Å²) in [5, 5.41) is 0. The molecule has 0 unspecified atom stereocenters. The first kappa shape index (κ1) is 14.8. The van der Waals surface area contributed by atoms with Crippen LogP contribution in [0.1, 0.15) is 16.7 Å². The van der Waals surface area contributed by atoms with Gasteiger partial charge < -0.3 is 0 Å². The monoisotopic (exact) mass is 274 g/mol. The van der Waals surface area contributed by atoms with Gasteiger partial charge in [0, 0.05) is 5.56 Å². The first-order valence-corrected chi connectivity index (χ1v) is 4.82. The van der Waals surface area contributed by atoms with Gasteiger partial charge in [0.05, 0.1) is 0 Å². The molecule has 0 bridgehead atoms. The minimum atomic E-state index is -6.07. The van der Waals surface area contributed by atoms with Crippen LogP contribution in [0.15, 0.2) is 18.2 Å². The van der Waals surface area contributed by atoms with E-state index in [1.807, 2.05) is 0 Å². The third kappa shape index (κ3) is 2.06. The summed E-state index contributed by atoms with van der Waals surface area (Å²) in [6.45, 7) is 2.02. The van der Waals surface area contributed by atoms with Crippen LogP contribution in [0, 0.1) is 13.8 Å². The van der Waals surface area contributed by atoms with Gasteiger partial charge in [-0.3, -0.25) is 0 Å². The van der Waals surface area contributed by atoms with E-state index in [1.54, 1.807) is 0 Å². The Balaban J connectivity index is 3.67. The quantitative estimate of drug-likeness (QED) is 0.657. The second-order valence-electron chi connectivity index (χ2n) is 3.92. The van der Waals surface area contributed by atoms with Gasteiger partial charge in [0.15, 0.2) is 0 Å². The fourth-order valence-electron chi connectivity index (χ4n) is 1.80. The van der Waals surface area contributed by atoms with Crippen molar-refractivity contribution in [3.8, 4) is 0 Å². The van der Waals surface area contributed by atoms with E-state index in [4.69, 9.17) is 0 Å². The molecule has 0 saturated heterocycles. The molecule has 18 heavy (non-hydrogen) atoms. The summed E-state index contributed by atoms with van der Waals surface area (Å²) in [5.74, 6) is 0. The van der Waals surface area contributed by atoms with Crippen molar-refractivity contribution >= 4 is 0 Å². The van der Waals surface area contributed by atoms with Crippen molar-refractivity contribution in [2.75, 3.05) is 0 Å². The van der Waals surface area contributed by atoms with Crippen LogP contribution in [0.5, 0.6) is 0 Å². The maximum absolute atomic E-state index is 13.8. The Morgan fingerprint density at radius 3 is 1.33 bits per heavy atom. The van der Waals surface area contributed by atoms with Crippen molar-refractivity contribution in [2.45, 2.75) is 31.9 Å². The highest BCUT2D eigenvalue weighted by molar-refractivity contribution is 5.40. The van der Waals surface area contributed by atoms with Crippen LogP contribution in [-0.2, 0) is 5.67 Å². The third-order valence-corrected chi connectivity index (χ3v) is 2.61. The van der Waals surface area contributed by atoms with Crippen LogP contribution >= 0.6 is 0 Å². The van der Waals surface area contributed by atoms with E-state index in [9.17, 15) is 30.7 Å². The SMILES string of the molecule is Cc1cccc(C)c1C(F)(C(F)(F)F)C(F)(F)F. The third-order valence-electron chi connectivity index (χ3n) is 2.61. The lowest BCUT2D eigenvalue weighted by molar-refractivity contribution is -0.349. The molecule has 0 aliphatic heterocycles. The number of aryl methyl sites for hydroxylation is 2. The molecule has 0 aromatic heterocycles. The molecule has 0 fully saturated rings. The van der Waals surface area contributed by atoms with Crippen LogP contribution in [0.2, 0.25) is 0 Å². The maximum atomic E-state index is 13.8. The minimum Gasteiger partial charge on any atom is -0.218 e. The van der Waals surface area contributed by atoms with E-state index in [-0.39, 0.29) is 0 Å². The molecule has 1 aromatic carbocycles. The molecule has 102 valence electrons. The fraction of sp³-hybridized carbons (Fsp3) is 0.455. The number of halogens is 7. The zero-order chi connectivity index (χ0) is 14.4. The summed E-state index contributed by atoms with van der Waals surface area (Å²) < 4.78 is 89.1. The van der Waals surface area contributed by atoms with E-state index in [0.717, 1.165) is 26.0 Å². The van der Waals surface area contributed by atoms with Gasteiger partial charge in [0.1, 0.15) is 0 Å². The minimum absolute atomic E-state index is 0.396. The van der Waals surface area contributed by atoms with Crippen LogP contribution in [0.25, 0.3) is 0 Å². The standard InChI is InChI=1S/C11H9F7/c1-6-4-3-5-7(2)8(6)9(12,10(13,14)15)11(16,17)18/h3-5H,1-2H3. The van der Waals surface area contributed by atoms with Crippen molar-refractivity contribution in [1.82, 2.24) is 0 Å². The molecule has 0 atom stereocenters. The number of hydrogen-bond acceptors (Lipinski definition) is 0. The molecule has 0 amide bonds. The summed E-state index contributed by atoms with van der Waals surface area (Å²) in [7, 11) is 0. The van der Waals surface area contributed by atoms with E-state index in [1.165, 1.54) is 6.07 Å². The number of benzene rings is 1. The second kappa shape index (κ2) is 4.13. The van der Waals surface area contributed by atoms with E-state index < -0.39 is 34.7 Å². The van der Waals surface area contributed by atoms with E-state index in [0.29, 0.717) is 0 Å². The van der Waals surface area contributed by atoms with Gasteiger partial charge in [-0.15, -0.1) is 0 Å². The Hall–Kier alpha value is -1.27. The Bertz CT molecular complexity index is 407. The molecule has 0 N–H and O–H groups in total. The van der Waals surface area contributed by atoms with Gasteiger partial charge in [0.25, 0.3) is 0 Å². The summed E-state index contributed by atoms with van der Waals surface area (Å²) in [5.41, 5.74) is -7.53. The molecular formula is C11H9F7. The molecule has 0 aliphatic carbocycles. The molecule has 1 rings (SSSR count). The predicted molar refractivity (Wildman–Crippen MR) is 50.8 cm³/mol. The van der Waals surface area contributed by atoms with Crippen LogP contribution in [0.4, 0.5) is 30.7 Å². The largest absolute Gasteiger partial charge is 0.435 e. The first-order valence-electron chi connectivity index (χ1n) is 4.82. The summed E-state index contributed by atoms with van der Waals surface area (Å²) in [4.78, 5) is 0. The van der Waals surface area contributed by atoms with Crippen LogP contribution in [-0.4, -0.2) is 12.4 Å². The summed E-state index contributed by atoms with van der Waals surface area (Å²) in [6, 6.07) is 3.28. The van der Waals surface area contributed by atoms with Gasteiger partial charge in [-0.2, -0.15) is 26.3 Å². The van der Waals surface area contributed by atoms with Crippen molar-refractivity contribution in [3.05, 3.63) is 34.9 Å². The zero-order valence-corrected chi connectivity index (χ0v) is 9.38. The van der Waals surface area contributed by atoms with Crippen molar-refractivity contribution < 1.29 is 30.7 Å². The van der Waals surface area contributed by atoms with E-state index >= 15 is 0 Å². The fourth-order valence-corrected chi connectivity index (χ4v) is 1.80. The molecular weight excluding hydrogens is 265 g/mol. The highest BCUT2D eigenvalue weighted by atomic mass is 19.4. The highest BCUT2D eigenvalue weighted by Gasteiger charge is 2.74. The molecule has 0 spiro atoms. The topological polar surface area (TPSA) is 0 Å². The normalized spacial score (nSPS) is 13.8. The molecule has 0 saturated carbocycles. The average Bonchev–Trinajstić information content (AvgIpc) is 2.13. The van der Waals surface area contributed by atoms with Crippen molar-refractivity contribution in [2.24, 2.45) is 0 Å². The zero-order valence-electron chi connectivity index (χ0n) is 9.38. The summed E-state index contributed by atoms with van der Waals surface area (Å²) >= 11 is 0. The maximum Gasteiger partial charge on any atom is 0.435 e. The van der Waals surface area contributed by atoms with Gasteiger partial charge in [-0.25, -0.2) is 4.39 Å². The summed E-state index contributed by atoms with van der Waals surface area (Å²) in [6.07, 6.45) is -12.1. The van der Waals surface area contributed by atoms with Gasteiger partial charge in [-0.1, -0.05) is 18.2 Å². The lowest BCUT2D eigenvalue weighted by Crippen LogP contribution is -2.51. The second-order valence-corrected chi connectivity index (χ2v) is 3.92. The van der Waals surface area contributed by atoms with Crippen LogP contribution < -0.4 is 0 Å². The lowest BCUT2D eigenvalue weighted by atomic mass is 9.87. The van der Waals surface area contributed by atoms with Crippen molar-refractivity contribution in [1.29, 1.82) is 0 Å². The Morgan fingerprint density at radius 2 is 1.06 bits per heavy atom. The van der Waals surface area contributed by atoms with Crippen molar-refractivity contribution in [3.63, 3.8) is 0 Å². The average molecular weight is 274 g/mol. The van der Waals surface area contributed by atoms with Gasteiger partial charge in [-0.05, 0) is 25.0 Å². The Morgan fingerprint density at radius 1 is 0.722 bits per heavy atom.